The van der Waals surface area contributed by atoms with Gasteiger partial charge in [-0.3, -0.25) is 0 Å². The van der Waals surface area contributed by atoms with E-state index in [0.29, 0.717) is 5.82 Å². The molecule has 1 heterocycles. The highest BCUT2D eigenvalue weighted by atomic mass is 16.3. The third kappa shape index (κ3) is 2.20. The maximum atomic E-state index is 9.25. The third-order valence-electron chi connectivity index (χ3n) is 2.75. The number of hydrogen-bond acceptors (Lipinski definition) is 4. The summed E-state index contributed by atoms with van der Waals surface area (Å²) >= 11 is 0. The number of hydrogen-bond donors (Lipinski definition) is 2. The first-order valence-electron chi connectivity index (χ1n) is 5.44. The van der Waals surface area contributed by atoms with Gasteiger partial charge in [-0.15, -0.1) is 0 Å². The SMILES string of the molecule is CNc1nc(-c2ccc(O)cc2)nc(C)c1C. The van der Waals surface area contributed by atoms with Crippen LogP contribution in [-0.4, -0.2) is 22.1 Å². The Balaban J connectivity index is 2.52. The molecule has 2 rings (SSSR count). The summed E-state index contributed by atoms with van der Waals surface area (Å²) in [7, 11) is 1.84. The van der Waals surface area contributed by atoms with E-state index in [9.17, 15) is 5.11 Å². The van der Waals surface area contributed by atoms with Gasteiger partial charge in [-0.25, -0.2) is 9.97 Å². The van der Waals surface area contributed by atoms with Gasteiger partial charge in [-0.1, -0.05) is 0 Å². The van der Waals surface area contributed by atoms with Crippen molar-refractivity contribution in [2.45, 2.75) is 13.8 Å². The zero-order chi connectivity index (χ0) is 12.4. The molecule has 1 aromatic heterocycles. The van der Waals surface area contributed by atoms with Crippen LogP contribution in [0, 0.1) is 13.8 Å². The van der Waals surface area contributed by atoms with Crippen LogP contribution in [0.3, 0.4) is 0 Å². The molecule has 0 bridgehead atoms. The van der Waals surface area contributed by atoms with Crippen molar-refractivity contribution in [1.29, 1.82) is 0 Å². The van der Waals surface area contributed by atoms with E-state index < -0.39 is 0 Å². The summed E-state index contributed by atoms with van der Waals surface area (Å²) in [5.74, 6) is 1.74. The molecule has 0 unspecified atom stereocenters. The van der Waals surface area contributed by atoms with Crippen molar-refractivity contribution in [3.8, 4) is 17.1 Å². The second-order valence-electron chi connectivity index (χ2n) is 3.90. The molecule has 0 amide bonds. The van der Waals surface area contributed by atoms with Crippen molar-refractivity contribution < 1.29 is 5.11 Å². The minimum Gasteiger partial charge on any atom is -0.508 e. The highest BCUT2D eigenvalue weighted by Crippen LogP contribution is 2.22. The first-order chi connectivity index (χ1) is 8.11. The van der Waals surface area contributed by atoms with Crippen LogP contribution >= 0.6 is 0 Å². The maximum Gasteiger partial charge on any atom is 0.161 e. The molecule has 0 aliphatic heterocycles. The predicted octanol–water partition coefficient (Wildman–Crippen LogP) is 2.51. The van der Waals surface area contributed by atoms with E-state index in [0.717, 1.165) is 22.6 Å². The number of nitrogens with one attached hydrogen (secondary N) is 1. The topological polar surface area (TPSA) is 58.0 Å². The molecule has 0 aliphatic rings. The van der Waals surface area contributed by atoms with Crippen LogP contribution in [0.25, 0.3) is 11.4 Å². The number of phenols is 1. The quantitative estimate of drug-likeness (QED) is 0.830. The summed E-state index contributed by atoms with van der Waals surface area (Å²) in [6.45, 7) is 3.95. The molecule has 0 saturated heterocycles. The molecule has 17 heavy (non-hydrogen) atoms. The first-order valence-corrected chi connectivity index (χ1v) is 5.44. The Labute approximate surface area is 100 Å². The van der Waals surface area contributed by atoms with E-state index in [1.807, 2.05) is 20.9 Å². The van der Waals surface area contributed by atoms with Gasteiger partial charge >= 0.3 is 0 Å². The van der Waals surface area contributed by atoms with Crippen LogP contribution in [0.4, 0.5) is 5.82 Å². The Bertz CT molecular complexity index is 535. The molecular formula is C13H15N3O. The lowest BCUT2D eigenvalue weighted by molar-refractivity contribution is 0.475. The molecule has 4 nitrogen and oxygen atoms in total. The molecule has 0 radical (unpaired) electrons. The van der Waals surface area contributed by atoms with E-state index >= 15 is 0 Å². The summed E-state index contributed by atoms with van der Waals surface area (Å²) in [4.78, 5) is 8.90. The number of nitrogens with zero attached hydrogens (tertiary/aromatic N) is 2. The average molecular weight is 229 g/mol. The van der Waals surface area contributed by atoms with Gasteiger partial charge in [0.2, 0.25) is 0 Å². The predicted molar refractivity (Wildman–Crippen MR) is 68.2 cm³/mol. The highest BCUT2D eigenvalue weighted by Gasteiger charge is 2.08. The molecule has 88 valence electrons. The van der Waals surface area contributed by atoms with Gasteiger partial charge in [0.15, 0.2) is 5.82 Å². The van der Waals surface area contributed by atoms with Crippen LogP contribution in [0.5, 0.6) is 5.75 Å². The van der Waals surface area contributed by atoms with Crippen molar-refractivity contribution in [3.63, 3.8) is 0 Å². The van der Waals surface area contributed by atoms with Gasteiger partial charge in [0.1, 0.15) is 11.6 Å². The standard InChI is InChI=1S/C13H15N3O/c1-8-9(2)15-13(16-12(8)14-3)10-4-6-11(17)7-5-10/h4-7,17H,1-3H3,(H,14,15,16). The molecule has 2 aromatic rings. The highest BCUT2D eigenvalue weighted by molar-refractivity contribution is 5.60. The van der Waals surface area contributed by atoms with Crippen molar-refractivity contribution in [2.24, 2.45) is 0 Å². The number of aromatic hydroxyl groups is 1. The number of aromatic nitrogens is 2. The van der Waals surface area contributed by atoms with E-state index in [2.05, 4.69) is 15.3 Å². The molecule has 0 saturated carbocycles. The molecule has 0 aliphatic carbocycles. The van der Waals surface area contributed by atoms with Crippen molar-refractivity contribution >= 4 is 5.82 Å². The molecule has 1 aromatic carbocycles. The minimum absolute atomic E-state index is 0.242. The van der Waals surface area contributed by atoms with Gasteiger partial charge < -0.3 is 10.4 Å². The van der Waals surface area contributed by atoms with E-state index in [4.69, 9.17) is 0 Å². The Hall–Kier alpha value is -2.10. The summed E-state index contributed by atoms with van der Waals surface area (Å²) < 4.78 is 0. The second kappa shape index (κ2) is 4.41. The number of phenolic OH excluding ortho intramolecular Hbond substituents is 1. The van der Waals surface area contributed by atoms with Crippen molar-refractivity contribution in [2.75, 3.05) is 12.4 Å². The molecular weight excluding hydrogens is 214 g/mol. The third-order valence-corrected chi connectivity index (χ3v) is 2.75. The maximum absolute atomic E-state index is 9.25. The van der Waals surface area contributed by atoms with Gasteiger partial charge in [-0.2, -0.15) is 0 Å². The Morgan fingerprint density at radius 3 is 2.29 bits per heavy atom. The number of anilines is 1. The van der Waals surface area contributed by atoms with Crippen LogP contribution in [0.2, 0.25) is 0 Å². The fraction of sp³-hybridized carbons (Fsp3) is 0.231. The summed E-state index contributed by atoms with van der Waals surface area (Å²) in [6, 6.07) is 6.87. The van der Waals surface area contributed by atoms with Crippen LogP contribution in [0.1, 0.15) is 11.3 Å². The first kappa shape index (κ1) is 11.4. The van der Waals surface area contributed by atoms with Gasteiger partial charge in [0.05, 0.1) is 0 Å². The lowest BCUT2D eigenvalue weighted by Crippen LogP contribution is -2.02. The Kier molecular flexibility index (Phi) is 2.95. The lowest BCUT2D eigenvalue weighted by Gasteiger charge is -2.09. The van der Waals surface area contributed by atoms with Crippen LogP contribution < -0.4 is 5.32 Å². The fourth-order valence-corrected chi connectivity index (χ4v) is 1.61. The summed E-state index contributed by atoms with van der Waals surface area (Å²) in [6.07, 6.45) is 0. The van der Waals surface area contributed by atoms with Crippen LogP contribution in [0.15, 0.2) is 24.3 Å². The molecule has 0 spiro atoms. The fourth-order valence-electron chi connectivity index (χ4n) is 1.61. The summed E-state index contributed by atoms with van der Waals surface area (Å²) in [5.41, 5.74) is 2.89. The number of benzene rings is 1. The van der Waals surface area contributed by atoms with Gasteiger partial charge in [-0.05, 0) is 38.1 Å². The number of rotatable bonds is 2. The van der Waals surface area contributed by atoms with E-state index in [1.165, 1.54) is 0 Å². The van der Waals surface area contributed by atoms with E-state index in [-0.39, 0.29) is 5.75 Å². The average Bonchev–Trinajstić information content (AvgIpc) is 2.33. The zero-order valence-corrected chi connectivity index (χ0v) is 10.2. The lowest BCUT2D eigenvalue weighted by atomic mass is 10.2. The molecule has 4 heteroatoms. The normalized spacial score (nSPS) is 10.3. The Morgan fingerprint density at radius 1 is 1.06 bits per heavy atom. The largest absolute Gasteiger partial charge is 0.508 e. The summed E-state index contributed by atoms with van der Waals surface area (Å²) in [5, 5.41) is 12.3. The Morgan fingerprint density at radius 2 is 1.71 bits per heavy atom. The molecule has 2 N–H and O–H groups in total. The minimum atomic E-state index is 0.242. The molecule has 0 atom stereocenters. The monoisotopic (exact) mass is 229 g/mol. The second-order valence-corrected chi connectivity index (χ2v) is 3.90. The smallest absolute Gasteiger partial charge is 0.161 e. The van der Waals surface area contributed by atoms with Crippen molar-refractivity contribution in [3.05, 3.63) is 35.5 Å². The van der Waals surface area contributed by atoms with Crippen molar-refractivity contribution in [1.82, 2.24) is 9.97 Å². The van der Waals surface area contributed by atoms with E-state index in [1.54, 1.807) is 24.3 Å². The zero-order valence-electron chi connectivity index (χ0n) is 10.2. The molecule has 0 fully saturated rings. The van der Waals surface area contributed by atoms with Crippen LogP contribution in [-0.2, 0) is 0 Å². The van der Waals surface area contributed by atoms with Gasteiger partial charge in [0.25, 0.3) is 0 Å². The number of aryl methyl sites for hydroxylation is 1. The van der Waals surface area contributed by atoms with Gasteiger partial charge in [0, 0.05) is 23.9 Å².